The first-order valence-corrected chi connectivity index (χ1v) is 11.5. The summed E-state index contributed by atoms with van der Waals surface area (Å²) in [5.41, 5.74) is 1.88. The monoisotopic (exact) mass is 467 g/mol. The highest BCUT2D eigenvalue weighted by molar-refractivity contribution is 7.99. The molecule has 0 spiro atoms. The van der Waals surface area contributed by atoms with Gasteiger partial charge < -0.3 is 13.9 Å². The summed E-state index contributed by atoms with van der Waals surface area (Å²) in [5.74, 6) is 2.47. The lowest BCUT2D eigenvalue weighted by molar-refractivity contribution is -0.127. The second-order valence-electron chi connectivity index (χ2n) is 7.10. The summed E-state index contributed by atoms with van der Waals surface area (Å²) in [7, 11) is 1.76. The van der Waals surface area contributed by atoms with E-state index in [4.69, 9.17) is 16.0 Å². The molecule has 0 aliphatic heterocycles. The molecule has 3 heterocycles. The van der Waals surface area contributed by atoms with Gasteiger partial charge in [0.2, 0.25) is 5.91 Å². The molecular formula is C23H22ClN5O2S. The van der Waals surface area contributed by atoms with E-state index in [1.54, 1.807) is 24.3 Å². The summed E-state index contributed by atoms with van der Waals surface area (Å²) in [6, 6.07) is 15.0. The molecule has 0 aliphatic carbocycles. The molecule has 4 rings (SSSR count). The minimum Gasteiger partial charge on any atom is -0.459 e. The first-order chi connectivity index (χ1) is 15.5. The Morgan fingerprint density at radius 1 is 1.06 bits per heavy atom. The molecule has 7 nitrogen and oxygen atoms in total. The third kappa shape index (κ3) is 5.03. The molecule has 0 aliphatic rings. The smallest absolute Gasteiger partial charge is 0.233 e. The normalized spacial score (nSPS) is 11.0. The Kier molecular flexibility index (Phi) is 6.92. The molecule has 3 aromatic heterocycles. The highest BCUT2D eigenvalue weighted by atomic mass is 35.5. The number of aromatic nitrogens is 4. The highest BCUT2D eigenvalue weighted by Gasteiger charge is 2.17. The van der Waals surface area contributed by atoms with Crippen LogP contribution in [0.1, 0.15) is 12.7 Å². The van der Waals surface area contributed by atoms with E-state index in [9.17, 15) is 4.79 Å². The molecular weight excluding hydrogens is 446 g/mol. The maximum atomic E-state index is 12.7. The molecule has 0 atom stereocenters. The highest BCUT2D eigenvalue weighted by Crippen LogP contribution is 2.26. The van der Waals surface area contributed by atoms with Crippen LogP contribution in [-0.4, -0.2) is 43.4 Å². The van der Waals surface area contributed by atoms with Crippen molar-refractivity contribution in [1.29, 1.82) is 0 Å². The summed E-state index contributed by atoms with van der Waals surface area (Å²) >= 11 is 7.32. The van der Waals surface area contributed by atoms with Crippen molar-refractivity contribution in [3.63, 3.8) is 0 Å². The molecule has 9 heteroatoms. The largest absolute Gasteiger partial charge is 0.459 e. The number of carbonyl (C=O) groups is 1. The number of benzene rings is 1. The Labute approximate surface area is 195 Å². The summed E-state index contributed by atoms with van der Waals surface area (Å²) in [4.78, 5) is 18.4. The number of furan rings is 1. The quantitative estimate of drug-likeness (QED) is 0.338. The van der Waals surface area contributed by atoms with Crippen LogP contribution in [0.2, 0.25) is 5.02 Å². The molecule has 32 heavy (non-hydrogen) atoms. The number of carbonyl (C=O) groups excluding carboxylic acids is 1. The molecule has 164 valence electrons. The lowest BCUT2D eigenvalue weighted by atomic mass is 10.2. The number of hydrogen-bond acceptors (Lipinski definition) is 6. The van der Waals surface area contributed by atoms with Crippen LogP contribution in [0.4, 0.5) is 0 Å². The van der Waals surface area contributed by atoms with Crippen molar-refractivity contribution >= 4 is 29.3 Å². The number of hydrogen-bond donors (Lipinski definition) is 0. The average Bonchev–Trinajstić information content (AvgIpc) is 3.45. The lowest BCUT2D eigenvalue weighted by Gasteiger charge is -2.15. The van der Waals surface area contributed by atoms with Crippen LogP contribution in [-0.2, 0) is 17.9 Å². The van der Waals surface area contributed by atoms with Gasteiger partial charge in [0.05, 0.1) is 12.3 Å². The van der Waals surface area contributed by atoms with Gasteiger partial charge in [-0.2, -0.15) is 0 Å². The van der Waals surface area contributed by atoms with Crippen LogP contribution >= 0.6 is 23.4 Å². The molecule has 0 unspecified atom stereocenters. The van der Waals surface area contributed by atoms with Crippen molar-refractivity contribution in [3.05, 3.63) is 71.7 Å². The van der Waals surface area contributed by atoms with E-state index in [0.717, 1.165) is 22.7 Å². The molecule has 0 fully saturated rings. The van der Waals surface area contributed by atoms with Crippen molar-refractivity contribution < 1.29 is 9.21 Å². The average molecular weight is 468 g/mol. The molecule has 1 aromatic carbocycles. The molecule has 0 saturated carbocycles. The Bertz CT molecular complexity index is 1190. The van der Waals surface area contributed by atoms with Crippen LogP contribution in [0.25, 0.3) is 22.7 Å². The second-order valence-corrected chi connectivity index (χ2v) is 8.48. The predicted molar refractivity (Wildman–Crippen MR) is 125 cm³/mol. The van der Waals surface area contributed by atoms with Gasteiger partial charge in [0, 0.05) is 42.1 Å². The van der Waals surface area contributed by atoms with Crippen molar-refractivity contribution in [3.8, 4) is 22.7 Å². The van der Waals surface area contributed by atoms with Gasteiger partial charge in [0.15, 0.2) is 11.0 Å². The number of rotatable bonds is 8. The van der Waals surface area contributed by atoms with Crippen molar-refractivity contribution in [1.82, 2.24) is 24.6 Å². The minimum atomic E-state index is -0.0180. The molecule has 4 aromatic rings. The Morgan fingerprint density at radius 2 is 1.81 bits per heavy atom. The van der Waals surface area contributed by atoms with E-state index in [1.807, 2.05) is 60.0 Å². The third-order valence-corrected chi connectivity index (χ3v) is 6.11. The Balaban J connectivity index is 1.37. The Hall–Kier alpha value is -3.10. The van der Waals surface area contributed by atoms with Crippen LogP contribution in [0, 0.1) is 0 Å². The van der Waals surface area contributed by atoms with E-state index in [1.165, 1.54) is 11.8 Å². The number of pyridine rings is 1. The van der Waals surface area contributed by atoms with Crippen molar-refractivity contribution in [2.75, 3.05) is 12.8 Å². The van der Waals surface area contributed by atoms with Gasteiger partial charge in [-0.05, 0) is 55.5 Å². The summed E-state index contributed by atoms with van der Waals surface area (Å²) in [6.45, 7) is 3.12. The third-order valence-electron chi connectivity index (χ3n) is 4.91. The van der Waals surface area contributed by atoms with Gasteiger partial charge in [-0.25, -0.2) is 0 Å². The number of nitrogens with zero attached hydrogens (tertiary/aromatic N) is 5. The zero-order valence-electron chi connectivity index (χ0n) is 17.7. The second kappa shape index (κ2) is 10.0. The molecule has 1 amide bonds. The van der Waals surface area contributed by atoms with Crippen molar-refractivity contribution in [2.45, 2.75) is 25.2 Å². The SMILES string of the molecule is CCn1c(SCC(=O)N(C)Cc2ccc(-c3ccc(Cl)cc3)o2)nnc1-c1ccncc1. The summed E-state index contributed by atoms with van der Waals surface area (Å²) in [5, 5.41) is 9.97. The first kappa shape index (κ1) is 22.1. The number of thioether (sulfide) groups is 1. The van der Waals surface area contributed by atoms with Gasteiger partial charge in [-0.15, -0.1) is 10.2 Å². The van der Waals surface area contributed by atoms with Crippen LogP contribution < -0.4 is 0 Å². The van der Waals surface area contributed by atoms with E-state index in [2.05, 4.69) is 15.2 Å². The molecule has 0 saturated heterocycles. The molecule has 0 bridgehead atoms. The first-order valence-electron chi connectivity index (χ1n) is 10.1. The standard InChI is InChI=1S/C23H22ClN5O2S/c1-3-29-22(17-10-12-25-13-11-17)26-27-23(29)32-15-21(30)28(2)14-19-8-9-20(31-19)16-4-6-18(24)7-5-16/h4-13H,3,14-15H2,1-2H3. The predicted octanol–water partition coefficient (Wildman–Crippen LogP) is 5.02. The van der Waals surface area contributed by atoms with E-state index in [0.29, 0.717) is 29.0 Å². The number of halogens is 1. The van der Waals surface area contributed by atoms with Gasteiger partial charge in [0.1, 0.15) is 11.5 Å². The van der Waals surface area contributed by atoms with Gasteiger partial charge in [-0.3, -0.25) is 9.78 Å². The molecule has 0 N–H and O–H groups in total. The summed E-state index contributed by atoms with van der Waals surface area (Å²) < 4.78 is 7.90. The molecule has 0 radical (unpaired) electrons. The number of amides is 1. The zero-order chi connectivity index (χ0) is 22.5. The summed E-state index contributed by atoms with van der Waals surface area (Å²) in [6.07, 6.45) is 3.45. The maximum absolute atomic E-state index is 12.7. The minimum absolute atomic E-state index is 0.0180. The van der Waals surface area contributed by atoms with Gasteiger partial charge >= 0.3 is 0 Å². The Morgan fingerprint density at radius 3 is 2.53 bits per heavy atom. The maximum Gasteiger partial charge on any atom is 0.233 e. The van der Waals surface area contributed by atoms with Crippen molar-refractivity contribution in [2.24, 2.45) is 0 Å². The van der Waals surface area contributed by atoms with Crippen LogP contribution in [0.3, 0.4) is 0 Å². The topological polar surface area (TPSA) is 77.0 Å². The lowest BCUT2D eigenvalue weighted by Crippen LogP contribution is -2.27. The van der Waals surface area contributed by atoms with Crippen LogP contribution in [0.15, 0.2) is 70.5 Å². The van der Waals surface area contributed by atoms with E-state index >= 15 is 0 Å². The fourth-order valence-electron chi connectivity index (χ4n) is 3.19. The fourth-order valence-corrected chi connectivity index (χ4v) is 4.25. The van der Waals surface area contributed by atoms with Crippen LogP contribution in [0.5, 0.6) is 0 Å². The van der Waals surface area contributed by atoms with Gasteiger partial charge in [-0.1, -0.05) is 23.4 Å². The van der Waals surface area contributed by atoms with Gasteiger partial charge in [0.25, 0.3) is 0 Å². The van der Waals surface area contributed by atoms with E-state index < -0.39 is 0 Å². The zero-order valence-corrected chi connectivity index (χ0v) is 19.3. The fraction of sp³-hybridized carbons (Fsp3) is 0.217. The van der Waals surface area contributed by atoms with E-state index in [-0.39, 0.29) is 11.7 Å².